The van der Waals surface area contributed by atoms with E-state index in [9.17, 15) is 9.59 Å². The fourth-order valence-electron chi connectivity index (χ4n) is 2.96. The van der Waals surface area contributed by atoms with Crippen LogP contribution in [0.1, 0.15) is 11.6 Å². The predicted octanol–water partition coefficient (Wildman–Crippen LogP) is 1.80. The van der Waals surface area contributed by atoms with E-state index in [-0.39, 0.29) is 6.04 Å². The van der Waals surface area contributed by atoms with Crippen LogP contribution in [0.15, 0.2) is 54.6 Å². The van der Waals surface area contributed by atoms with Gasteiger partial charge >= 0.3 is 5.97 Å². The first kappa shape index (κ1) is 17.8. The number of nitrogens with zero attached hydrogens (tertiary/aromatic N) is 1. The number of ether oxygens (including phenoxy) is 2. The average molecular weight is 356 g/mol. The minimum absolute atomic E-state index is 0.162. The van der Waals surface area contributed by atoms with Gasteiger partial charge in [0.25, 0.3) is 5.91 Å². The SMILES string of the molecule is COc1ccc(N2C(C(=O)NCC(=O)O)OCC2c2ccccc2)cc1. The van der Waals surface area contributed by atoms with Crippen molar-refractivity contribution < 1.29 is 24.2 Å². The number of aliphatic carboxylic acids is 1. The molecule has 2 N–H and O–H groups in total. The monoisotopic (exact) mass is 356 g/mol. The second-order valence-corrected chi connectivity index (χ2v) is 5.83. The Bertz CT molecular complexity index is 763. The maximum absolute atomic E-state index is 12.5. The first-order chi connectivity index (χ1) is 12.6. The van der Waals surface area contributed by atoms with Crippen LogP contribution in [-0.2, 0) is 14.3 Å². The maximum Gasteiger partial charge on any atom is 0.322 e. The highest BCUT2D eigenvalue weighted by Gasteiger charge is 2.40. The summed E-state index contributed by atoms with van der Waals surface area (Å²) in [6, 6.07) is 16.9. The van der Waals surface area contributed by atoms with E-state index in [1.807, 2.05) is 59.5 Å². The van der Waals surface area contributed by atoms with Gasteiger partial charge in [0.2, 0.25) is 6.23 Å². The Morgan fingerprint density at radius 2 is 1.88 bits per heavy atom. The molecule has 0 radical (unpaired) electrons. The summed E-state index contributed by atoms with van der Waals surface area (Å²) in [6.45, 7) is -0.133. The van der Waals surface area contributed by atoms with Crippen LogP contribution in [0.3, 0.4) is 0 Å². The molecule has 0 aliphatic carbocycles. The van der Waals surface area contributed by atoms with Crippen molar-refractivity contribution >= 4 is 17.6 Å². The van der Waals surface area contributed by atoms with E-state index in [4.69, 9.17) is 14.6 Å². The zero-order chi connectivity index (χ0) is 18.5. The van der Waals surface area contributed by atoms with Crippen LogP contribution in [-0.4, -0.2) is 43.5 Å². The Morgan fingerprint density at radius 3 is 2.50 bits per heavy atom. The standard InChI is InChI=1S/C19H20N2O5/c1-25-15-9-7-14(8-10-15)21-16(13-5-3-2-4-6-13)12-26-19(21)18(24)20-11-17(22)23/h2-10,16,19H,11-12H2,1H3,(H,20,24)(H,22,23). The first-order valence-corrected chi connectivity index (χ1v) is 8.18. The van der Waals surface area contributed by atoms with Gasteiger partial charge in [0, 0.05) is 5.69 Å². The van der Waals surface area contributed by atoms with Gasteiger partial charge in [-0.25, -0.2) is 0 Å². The lowest BCUT2D eigenvalue weighted by Crippen LogP contribution is -2.46. The van der Waals surface area contributed by atoms with E-state index < -0.39 is 24.6 Å². The molecule has 2 aromatic carbocycles. The molecule has 2 atom stereocenters. The molecule has 0 spiro atoms. The summed E-state index contributed by atoms with van der Waals surface area (Å²) >= 11 is 0. The number of carbonyl (C=O) groups excluding carboxylic acids is 1. The molecule has 0 bridgehead atoms. The van der Waals surface area contributed by atoms with E-state index in [1.165, 1.54) is 0 Å². The molecule has 3 rings (SSSR count). The van der Waals surface area contributed by atoms with Gasteiger partial charge in [-0.1, -0.05) is 30.3 Å². The number of methoxy groups -OCH3 is 1. The van der Waals surface area contributed by atoms with Crippen LogP contribution in [0, 0.1) is 0 Å². The van der Waals surface area contributed by atoms with Crippen molar-refractivity contribution in [1.29, 1.82) is 0 Å². The lowest BCUT2D eigenvalue weighted by Gasteiger charge is -2.30. The van der Waals surface area contributed by atoms with Gasteiger partial charge in [0.15, 0.2) is 0 Å². The number of rotatable bonds is 6. The van der Waals surface area contributed by atoms with Crippen LogP contribution < -0.4 is 15.0 Å². The normalized spacial score (nSPS) is 19.2. The second-order valence-electron chi connectivity index (χ2n) is 5.83. The smallest absolute Gasteiger partial charge is 0.322 e. The van der Waals surface area contributed by atoms with Crippen molar-refractivity contribution in [2.24, 2.45) is 0 Å². The summed E-state index contributed by atoms with van der Waals surface area (Å²) in [4.78, 5) is 25.1. The molecule has 2 unspecified atom stereocenters. The number of hydrogen-bond acceptors (Lipinski definition) is 5. The van der Waals surface area contributed by atoms with Crippen LogP contribution in [0.2, 0.25) is 0 Å². The molecule has 7 heteroatoms. The van der Waals surface area contributed by atoms with E-state index in [0.717, 1.165) is 11.3 Å². The lowest BCUT2D eigenvalue weighted by atomic mass is 10.1. The summed E-state index contributed by atoms with van der Waals surface area (Å²) in [5.74, 6) is -0.884. The van der Waals surface area contributed by atoms with E-state index >= 15 is 0 Å². The summed E-state index contributed by atoms with van der Waals surface area (Å²) in [6.07, 6.45) is -0.909. The fourth-order valence-corrected chi connectivity index (χ4v) is 2.96. The van der Waals surface area contributed by atoms with Gasteiger partial charge in [0.1, 0.15) is 12.3 Å². The summed E-state index contributed by atoms with van der Waals surface area (Å²) in [5.41, 5.74) is 1.80. The topological polar surface area (TPSA) is 88.1 Å². The number of nitrogens with one attached hydrogen (secondary N) is 1. The molecule has 1 aliphatic heterocycles. The fraction of sp³-hybridized carbons (Fsp3) is 0.263. The van der Waals surface area contributed by atoms with Gasteiger partial charge in [-0.3, -0.25) is 9.59 Å². The largest absolute Gasteiger partial charge is 0.497 e. The third-order valence-corrected chi connectivity index (χ3v) is 4.19. The first-order valence-electron chi connectivity index (χ1n) is 8.18. The molecule has 1 amide bonds. The minimum atomic E-state index is -1.10. The van der Waals surface area contributed by atoms with Gasteiger partial charge in [0.05, 0.1) is 19.8 Å². The summed E-state index contributed by atoms with van der Waals surface area (Å²) in [5, 5.41) is 11.2. The van der Waals surface area contributed by atoms with Gasteiger partial charge < -0.3 is 24.8 Å². The molecule has 7 nitrogen and oxygen atoms in total. The van der Waals surface area contributed by atoms with Gasteiger partial charge in [-0.15, -0.1) is 0 Å². The molecule has 0 saturated carbocycles. The van der Waals surface area contributed by atoms with Crippen LogP contribution in [0.4, 0.5) is 5.69 Å². The van der Waals surface area contributed by atoms with Gasteiger partial charge in [-0.2, -0.15) is 0 Å². The van der Waals surface area contributed by atoms with Crippen molar-refractivity contribution in [3.63, 3.8) is 0 Å². The molecule has 26 heavy (non-hydrogen) atoms. The molecule has 1 saturated heterocycles. The molecule has 136 valence electrons. The Labute approximate surface area is 151 Å². The molecule has 1 aliphatic rings. The highest BCUT2D eigenvalue weighted by molar-refractivity contribution is 5.87. The highest BCUT2D eigenvalue weighted by Crippen LogP contribution is 2.36. The zero-order valence-electron chi connectivity index (χ0n) is 14.3. The number of amides is 1. The lowest BCUT2D eigenvalue weighted by molar-refractivity contribution is -0.139. The molecular weight excluding hydrogens is 336 g/mol. The average Bonchev–Trinajstić information content (AvgIpc) is 3.12. The number of benzene rings is 2. The Hall–Kier alpha value is -3.06. The maximum atomic E-state index is 12.5. The number of anilines is 1. The number of carboxylic acids is 1. The molecular formula is C19H20N2O5. The van der Waals surface area contributed by atoms with Crippen molar-refractivity contribution in [3.05, 3.63) is 60.2 Å². The Balaban J connectivity index is 1.91. The Kier molecular flexibility index (Phi) is 5.38. The molecule has 1 fully saturated rings. The third-order valence-electron chi connectivity index (χ3n) is 4.19. The van der Waals surface area contributed by atoms with Crippen molar-refractivity contribution in [2.75, 3.05) is 25.2 Å². The van der Waals surface area contributed by atoms with E-state index in [2.05, 4.69) is 5.32 Å². The minimum Gasteiger partial charge on any atom is -0.497 e. The van der Waals surface area contributed by atoms with Gasteiger partial charge in [-0.05, 0) is 29.8 Å². The summed E-state index contributed by atoms with van der Waals surface area (Å²) < 4.78 is 10.9. The highest BCUT2D eigenvalue weighted by atomic mass is 16.5. The number of carboxylic acid groups (broad SMARTS) is 1. The number of carbonyl (C=O) groups is 2. The van der Waals surface area contributed by atoms with E-state index in [1.54, 1.807) is 7.11 Å². The van der Waals surface area contributed by atoms with Crippen LogP contribution in [0.5, 0.6) is 5.75 Å². The Morgan fingerprint density at radius 1 is 1.19 bits per heavy atom. The van der Waals surface area contributed by atoms with Crippen molar-refractivity contribution in [1.82, 2.24) is 5.32 Å². The second kappa shape index (κ2) is 7.88. The van der Waals surface area contributed by atoms with Crippen molar-refractivity contribution in [3.8, 4) is 5.75 Å². The third kappa shape index (κ3) is 3.78. The summed E-state index contributed by atoms with van der Waals surface area (Å²) in [7, 11) is 1.59. The van der Waals surface area contributed by atoms with E-state index in [0.29, 0.717) is 12.4 Å². The molecule has 1 heterocycles. The molecule has 0 aromatic heterocycles. The zero-order valence-corrected chi connectivity index (χ0v) is 14.3. The molecule has 2 aromatic rings. The predicted molar refractivity (Wildman–Crippen MR) is 95.0 cm³/mol. The van der Waals surface area contributed by atoms with Crippen molar-refractivity contribution in [2.45, 2.75) is 12.3 Å². The quantitative estimate of drug-likeness (QED) is 0.821. The van der Waals surface area contributed by atoms with Crippen LogP contribution in [0.25, 0.3) is 0 Å². The number of hydrogen-bond donors (Lipinski definition) is 2. The van der Waals surface area contributed by atoms with Crippen LogP contribution >= 0.6 is 0 Å².